The molecule has 0 saturated heterocycles. The van der Waals surface area contributed by atoms with Gasteiger partial charge in [-0.05, 0) is 48.4 Å². The average Bonchev–Trinajstić information content (AvgIpc) is 2.47. The van der Waals surface area contributed by atoms with Gasteiger partial charge in [0.1, 0.15) is 0 Å². The second-order valence-electron chi connectivity index (χ2n) is 4.30. The molecule has 2 aromatic rings. The molecule has 1 aromatic heterocycles. The van der Waals surface area contributed by atoms with Crippen molar-refractivity contribution in [3.63, 3.8) is 0 Å². The second kappa shape index (κ2) is 3.39. The predicted octanol–water partition coefficient (Wildman–Crippen LogP) is 4.64. The maximum atomic E-state index is 2.35. The maximum absolute atomic E-state index is 2.35. The first-order valence-electron chi connectivity index (χ1n) is 5.08. The molecule has 14 heavy (non-hydrogen) atoms. The van der Waals surface area contributed by atoms with Gasteiger partial charge in [-0.2, -0.15) is 0 Å². The monoisotopic (exact) mass is 204 g/mol. The lowest BCUT2D eigenvalue weighted by Gasteiger charge is -1.97. The Hall–Kier alpha value is -0.820. The van der Waals surface area contributed by atoms with Gasteiger partial charge in [0.15, 0.2) is 0 Å². The Morgan fingerprint density at radius 1 is 1.07 bits per heavy atom. The van der Waals surface area contributed by atoms with Crippen LogP contribution >= 0.6 is 11.3 Å². The number of benzene rings is 1. The number of thiophene rings is 1. The van der Waals surface area contributed by atoms with Gasteiger partial charge in [-0.3, -0.25) is 0 Å². The Kier molecular flexibility index (Phi) is 2.36. The van der Waals surface area contributed by atoms with Gasteiger partial charge >= 0.3 is 0 Å². The van der Waals surface area contributed by atoms with E-state index in [1.165, 1.54) is 26.1 Å². The van der Waals surface area contributed by atoms with Crippen molar-refractivity contribution in [3.05, 3.63) is 34.2 Å². The molecule has 0 aliphatic heterocycles. The van der Waals surface area contributed by atoms with Crippen molar-refractivity contribution < 1.29 is 0 Å². The van der Waals surface area contributed by atoms with Gasteiger partial charge in [-0.1, -0.05) is 19.9 Å². The minimum absolute atomic E-state index is 0.645. The first-order valence-corrected chi connectivity index (χ1v) is 5.90. The third kappa shape index (κ3) is 1.57. The number of hydrogen-bond donors (Lipinski definition) is 0. The number of hydrogen-bond acceptors (Lipinski definition) is 1. The molecule has 0 aliphatic rings. The standard InChI is InChI=1S/C13H16S/c1-8(2)12-7-11-10(4)5-9(3)6-13(11)14-12/h5-8H,1-4H3. The summed E-state index contributed by atoms with van der Waals surface area (Å²) in [5.74, 6) is 0.645. The minimum Gasteiger partial charge on any atom is -0.140 e. The lowest BCUT2D eigenvalue weighted by molar-refractivity contribution is 0.890. The van der Waals surface area contributed by atoms with E-state index in [-0.39, 0.29) is 0 Å². The van der Waals surface area contributed by atoms with E-state index in [1.807, 2.05) is 11.3 Å². The molecule has 0 amide bonds. The Balaban J connectivity index is 2.70. The Morgan fingerprint density at radius 3 is 2.43 bits per heavy atom. The van der Waals surface area contributed by atoms with E-state index in [0.29, 0.717) is 5.92 Å². The van der Waals surface area contributed by atoms with Gasteiger partial charge < -0.3 is 0 Å². The fourth-order valence-corrected chi connectivity index (χ4v) is 3.03. The quantitative estimate of drug-likeness (QED) is 0.634. The van der Waals surface area contributed by atoms with Crippen LogP contribution in [0.1, 0.15) is 35.8 Å². The molecule has 0 unspecified atom stereocenters. The van der Waals surface area contributed by atoms with Crippen LogP contribution in [0.5, 0.6) is 0 Å². The Bertz CT molecular complexity index is 463. The molecule has 1 heterocycles. The van der Waals surface area contributed by atoms with Crippen LogP contribution in [0, 0.1) is 13.8 Å². The highest BCUT2D eigenvalue weighted by Crippen LogP contribution is 2.33. The summed E-state index contributed by atoms with van der Waals surface area (Å²) in [5, 5.41) is 1.43. The van der Waals surface area contributed by atoms with Gasteiger partial charge in [0.05, 0.1) is 0 Å². The Labute approximate surface area is 89.6 Å². The average molecular weight is 204 g/mol. The Morgan fingerprint density at radius 2 is 1.79 bits per heavy atom. The van der Waals surface area contributed by atoms with Crippen LogP contribution in [0.2, 0.25) is 0 Å². The van der Waals surface area contributed by atoms with Crippen LogP contribution in [0.4, 0.5) is 0 Å². The molecule has 0 nitrogen and oxygen atoms in total. The summed E-state index contributed by atoms with van der Waals surface area (Å²) in [6.45, 7) is 8.88. The van der Waals surface area contributed by atoms with Crippen molar-refractivity contribution in [2.75, 3.05) is 0 Å². The molecule has 1 aromatic carbocycles. The molecule has 0 N–H and O–H groups in total. The normalized spacial score (nSPS) is 11.5. The zero-order valence-electron chi connectivity index (χ0n) is 9.22. The molecule has 1 heteroatoms. The van der Waals surface area contributed by atoms with Crippen LogP contribution in [0.15, 0.2) is 18.2 Å². The third-order valence-corrected chi connectivity index (χ3v) is 3.96. The van der Waals surface area contributed by atoms with Crippen molar-refractivity contribution in [3.8, 4) is 0 Å². The molecule has 0 fully saturated rings. The molecule has 0 saturated carbocycles. The highest BCUT2D eigenvalue weighted by Gasteiger charge is 2.07. The highest BCUT2D eigenvalue weighted by molar-refractivity contribution is 7.19. The van der Waals surface area contributed by atoms with E-state index in [9.17, 15) is 0 Å². The van der Waals surface area contributed by atoms with E-state index in [1.54, 1.807) is 0 Å². The van der Waals surface area contributed by atoms with E-state index in [2.05, 4.69) is 45.9 Å². The van der Waals surface area contributed by atoms with Crippen molar-refractivity contribution in [2.45, 2.75) is 33.6 Å². The number of aryl methyl sites for hydroxylation is 2. The van der Waals surface area contributed by atoms with Crippen LogP contribution < -0.4 is 0 Å². The lowest BCUT2D eigenvalue weighted by Crippen LogP contribution is -1.78. The van der Waals surface area contributed by atoms with Crippen molar-refractivity contribution in [1.29, 1.82) is 0 Å². The van der Waals surface area contributed by atoms with Crippen molar-refractivity contribution >= 4 is 21.4 Å². The molecule has 0 atom stereocenters. The second-order valence-corrected chi connectivity index (χ2v) is 5.41. The molecular weight excluding hydrogens is 188 g/mol. The maximum Gasteiger partial charge on any atom is 0.0351 e. The lowest BCUT2D eigenvalue weighted by atomic mass is 10.1. The van der Waals surface area contributed by atoms with Gasteiger partial charge in [0, 0.05) is 9.58 Å². The summed E-state index contributed by atoms with van der Waals surface area (Å²) in [5.41, 5.74) is 2.77. The zero-order chi connectivity index (χ0) is 10.3. The highest BCUT2D eigenvalue weighted by atomic mass is 32.1. The molecule has 0 spiro atoms. The SMILES string of the molecule is Cc1cc(C)c2cc(C(C)C)sc2c1. The summed E-state index contributed by atoms with van der Waals surface area (Å²) >= 11 is 1.93. The van der Waals surface area contributed by atoms with Crippen LogP contribution in [0.3, 0.4) is 0 Å². The van der Waals surface area contributed by atoms with Crippen LogP contribution in [-0.2, 0) is 0 Å². The van der Waals surface area contributed by atoms with Gasteiger partial charge in [-0.15, -0.1) is 11.3 Å². The zero-order valence-corrected chi connectivity index (χ0v) is 10.0. The summed E-state index contributed by atoms with van der Waals surface area (Å²) in [4.78, 5) is 1.49. The van der Waals surface area contributed by atoms with Gasteiger partial charge in [0.25, 0.3) is 0 Å². The van der Waals surface area contributed by atoms with E-state index in [0.717, 1.165) is 0 Å². The predicted molar refractivity (Wildman–Crippen MR) is 65.4 cm³/mol. The largest absolute Gasteiger partial charge is 0.140 e. The molecule has 0 bridgehead atoms. The van der Waals surface area contributed by atoms with Gasteiger partial charge in [-0.25, -0.2) is 0 Å². The fourth-order valence-electron chi connectivity index (χ4n) is 1.79. The first-order chi connectivity index (χ1) is 6.58. The van der Waals surface area contributed by atoms with Crippen LogP contribution in [0.25, 0.3) is 10.1 Å². The van der Waals surface area contributed by atoms with E-state index >= 15 is 0 Å². The number of fused-ring (bicyclic) bond motifs is 1. The molecule has 0 radical (unpaired) electrons. The number of rotatable bonds is 1. The van der Waals surface area contributed by atoms with Crippen LogP contribution in [-0.4, -0.2) is 0 Å². The first kappa shape index (κ1) is 9.72. The molecule has 2 rings (SSSR count). The smallest absolute Gasteiger partial charge is 0.0351 e. The third-order valence-electron chi connectivity index (χ3n) is 2.58. The molecule has 0 aliphatic carbocycles. The van der Waals surface area contributed by atoms with Gasteiger partial charge in [0.2, 0.25) is 0 Å². The summed E-state index contributed by atoms with van der Waals surface area (Å²) < 4.78 is 1.44. The van der Waals surface area contributed by atoms with Crippen molar-refractivity contribution in [2.24, 2.45) is 0 Å². The summed E-state index contributed by atoms with van der Waals surface area (Å²) in [7, 11) is 0. The van der Waals surface area contributed by atoms with Crippen molar-refractivity contribution in [1.82, 2.24) is 0 Å². The summed E-state index contributed by atoms with van der Waals surface area (Å²) in [6, 6.07) is 6.90. The van der Waals surface area contributed by atoms with E-state index < -0.39 is 0 Å². The van der Waals surface area contributed by atoms with E-state index in [4.69, 9.17) is 0 Å². The fraction of sp³-hybridized carbons (Fsp3) is 0.385. The minimum atomic E-state index is 0.645. The summed E-state index contributed by atoms with van der Waals surface area (Å²) in [6.07, 6.45) is 0. The topological polar surface area (TPSA) is 0 Å². The molecule has 74 valence electrons. The molecular formula is C13H16S.